The lowest BCUT2D eigenvalue weighted by molar-refractivity contribution is -0.116. The van der Waals surface area contributed by atoms with Crippen LogP contribution in [0.4, 0.5) is 11.6 Å². The van der Waals surface area contributed by atoms with E-state index in [9.17, 15) is 4.79 Å². The molecule has 0 saturated heterocycles. The predicted octanol–water partition coefficient (Wildman–Crippen LogP) is 2.10. The number of rotatable bonds is 8. The number of carbonyl (C=O) groups is 1. The summed E-state index contributed by atoms with van der Waals surface area (Å²) in [6.07, 6.45) is 4.37. The summed E-state index contributed by atoms with van der Waals surface area (Å²) in [4.78, 5) is 21.3. The van der Waals surface area contributed by atoms with Crippen LogP contribution in [0, 0.1) is 0 Å². The molecule has 5 heteroatoms. The zero-order valence-electron chi connectivity index (χ0n) is 11.4. The summed E-state index contributed by atoms with van der Waals surface area (Å²) in [5.41, 5.74) is 0. The summed E-state index contributed by atoms with van der Waals surface area (Å²) >= 11 is 0. The van der Waals surface area contributed by atoms with Crippen molar-refractivity contribution in [3.63, 3.8) is 0 Å². The summed E-state index contributed by atoms with van der Waals surface area (Å²) < 4.78 is 0. The van der Waals surface area contributed by atoms with Crippen LogP contribution in [0.1, 0.15) is 33.1 Å². The second-order valence-electron chi connectivity index (χ2n) is 4.42. The molecular formula is C13H22N4O. The number of nitrogens with zero attached hydrogens (tertiary/aromatic N) is 3. The molecule has 0 aliphatic rings. The summed E-state index contributed by atoms with van der Waals surface area (Å²) in [5.74, 6) is 1.87. The molecule has 0 bridgehead atoms. The third-order valence-corrected chi connectivity index (χ3v) is 2.68. The highest BCUT2D eigenvalue weighted by Crippen LogP contribution is 2.12. The summed E-state index contributed by atoms with van der Waals surface area (Å²) in [7, 11) is 1.93. The van der Waals surface area contributed by atoms with Gasteiger partial charge in [0.1, 0.15) is 23.7 Å². The Bertz CT molecular complexity index is 381. The van der Waals surface area contributed by atoms with E-state index in [0.717, 1.165) is 31.0 Å². The molecule has 1 heterocycles. The van der Waals surface area contributed by atoms with Crippen LogP contribution in [-0.2, 0) is 4.79 Å². The lowest BCUT2D eigenvalue weighted by Crippen LogP contribution is -2.21. The van der Waals surface area contributed by atoms with Crippen molar-refractivity contribution in [3.05, 3.63) is 12.4 Å². The molecule has 0 aromatic carbocycles. The van der Waals surface area contributed by atoms with Crippen LogP contribution in [0.2, 0.25) is 0 Å². The maximum atomic E-state index is 10.9. The monoisotopic (exact) mass is 250 g/mol. The number of Topliss-reactive ketones (excluding diaryl/α,β-unsaturated/α-hetero) is 1. The second-order valence-corrected chi connectivity index (χ2v) is 4.42. The highest BCUT2D eigenvalue weighted by Gasteiger charge is 2.05. The molecule has 100 valence electrons. The van der Waals surface area contributed by atoms with E-state index in [4.69, 9.17) is 0 Å². The number of ketones is 1. The van der Waals surface area contributed by atoms with Gasteiger partial charge in [0.15, 0.2) is 0 Å². The van der Waals surface area contributed by atoms with E-state index >= 15 is 0 Å². The molecule has 0 unspecified atom stereocenters. The summed E-state index contributed by atoms with van der Waals surface area (Å²) in [6, 6.07) is 1.91. The molecule has 0 spiro atoms. The second kappa shape index (κ2) is 7.63. The van der Waals surface area contributed by atoms with Gasteiger partial charge in [-0.2, -0.15) is 0 Å². The van der Waals surface area contributed by atoms with E-state index in [0.29, 0.717) is 13.0 Å². The molecular weight excluding hydrogens is 228 g/mol. The molecule has 0 atom stereocenters. The third kappa shape index (κ3) is 5.12. The number of hydrogen-bond donors (Lipinski definition) is 1. The average molecular weight is 250 g/mol. The molecule has 18 heavy (non-hydrogen) atoms. The summed E-state index contributed by atoms with van der Waals surface area (Å²) in [5, 5.41) is 3.26. The van der Waals surface area contributed by atoms with Crippen molar-refractivity contribution in [1.29, 1.82) is 0 Å². The van der Waals surface area contributed by atoms with Crippen molar-refractivity contribution in [3.8, 4) is 0 Å². The van der Waals surface area contributed by atoms with Crippen LogP contribution >= 0.6 is 0 Å². The number of anilines is 2. The molecule has 1 aromatic heterocycles. The van der Waals surface area contributed by atoms with E-state index in [1.165, 1.54) is 0 Å². The van der Waals surface area contributed by atoms with Crippen LogP contribution < -0.4 is 10.2 Å². The van der Waals surface area contributed by atoms with Crippen LogP contribution in [0.25, 0.3) is 0 Å². The molecule has 1 aromatic rings. The minimum Gasteiger partial charge on any atom is -0.370 e. The Morgan fingerprint density at radius 2 is 2.22 bits per heavy atom. The Balaban J connectivity index is 2.54. The van der Waals surface area contributed by atoms with E-state index in [-0.39, 0.29) is 5.78 Å². The summed E-state index contributed by atoms with van der Waals surface area (Å²) in [6.45, 7) is 5.36. The largest absolute Gasteiger partial charge is 0.370 e. The van der Waals surface area contributed by atoms with Gasteiger partial charge in [0.25, 0.3) is 0 Å². The Hall–Kier alpha value is -1.65. The number of unbranched alkanes of at least 4 members (excludes halogenated alkanes) is 1. The van der Waals surface area contributed by atoms with Crippen LogP contribution in [-0.4, -0.2) is 35.9 Å². The minimum atomic E-state index is 0.192. The van der Waals surface area contributed by atoms with Gasteiger partial charge in [-0.3, -0.25) is 4.79 Å². The van der Waals surface area contributed by atoms with Crippen molar-refractivity contribution in [2.75, 3.05) is 30.4 Å². The van der Waals surface area contributed by atoms with Gasteiger partial charge in [-0.1, -0.05) is 13.3 Å². The molecule has 5 nitrogen and oxygen atoms in total. The molecule has 0 amide bonds. The first-order valence-corrected chi connectivity index (χ1v) is 6.40. The van der Waals surface area contributed by atoms with Gasteiger partial charge in [-0.15, -0.1) is 0 Å². The van der Waals surface area contributed by atoms with E-state index in [1.54, 1.807) is 13.3 Å². The smallest absolute Gasteiger partial charge is 0.133 e. The number of carbonyl (C=O) groups excluding carboxylic acids is 1. The standard InChI is InChI=1S/C13H22N4O/c1-4-5-7-14-12-9-13(16-10-15-12)17(3)8-6-11(2)18/h9-10H,4-8H2,1-3H3,(H,14,15,16). The molecule has 1 N–H and O–H groups in total. The van der Waals surface area contributed by atoms with E-state index in [2.05, 4.69) is 22.2 Å². The Morgan fingerprint density at radius 3 is 2.89 bits per heavy atom. The highest BCUT2D eigenvalue weighted by atomic mass is 16.1. The van der Waals surface area contributed by atoms with Gasteiger partial charge in [0, 0.05) is 32.6 Å². The Kier molecular flexibility index (Phi) is 6.11. The maximum Gasteiger partial charge on any atom is 0.133 e. The zero-order valence-corrected chi connectivity index (χ0v) is 11.4. The van der Waals surface area contributed by atoms with Gasteiger partial charge in [0.2, 0.25) is 0 Å². The van der Waals surface area contributed by atoms with Crippen molar-refractivity contribution in [1.82, 2.24) is 9.97 Å². The molecule has 1 rings (SSSR count). The molecule has 0 radical (unpaired) electrons. The Labute approximate surface area is 109 Å². The van der Waals surface area contributed by atoms with Crippen molar-refractivity contribution in [2.24, 2.45) is 0 Å². The average Bonchev–Trinajstić information content (AvgIpc) is 2.36. The maximum absolute atomic E-state index is 10.9. The quantitative estimate of drug-likeness (QED) is 0.716. The SMILES string of the molecule is CCCCNc1cc(N(C)CCC(C)=O)ncn1. The van der Waals surface area contributed by atoms with Gasteiger partial charge < -0.3 is 10.2 Å². The molecule has 0 aliphatic carbocycles. The van der Waals surface area contributed by atoms with Gasteiger partial charge in [0.05, 0.1) is 0 Å². The lowest BCUT2D eigenvalue weighted by Gasteiger charge is -2.17. The lowest BCUT2D eigenvalue weighted by atomic mass is 10.3. The highest BCUT2D eigenvalue weighted by molar-refractivity contribution is 5.76. The van der Waals surface area contributed by atoms with Crippen LogP contribution in [0.5, 0.6) is 0 Å². The number of nitrogens with one attached hydrogen (secondary N) is 1. The van der Waals surface area contributed by atoms with Crippen molar-refractivity contribution < 1.29 is 4.79 Å². The first-order chi connectivity index (χ1) is 8.63. The predicted molar refractivity (Wildman–Crippen MR) is 74.0 cm³/mol. The molecule has 0 aliphatic heterocycles. The zero-order chi connectivity index (χ0) is 13.4. The van der Waals surface area contributed by atoms with E-state index in [1.807, 2.05) is 18.0 Å². The van der Waals surface area contributed by atoms with Gasteiger partial charge in [-0.05, 0) is 13.3 Å². The first-order valence-electron chi connectivity index (χ1n) is 6.40. The van der Waals surface area contributed by atoms with Crippen molar-refractivity contribution in [2.45, 2.75) is 33.1 Å². The van der Waals surface area contributed by atoms with Crippen LogP contribution in [0.3, 0.4) is 0 Å². The molecule has 0 saturated carbocycles. The van der Waals surface area contributed by atoms with Crippen LogP contribution in [0.15, 0.2) is 12.4 Å². The van der Waals surface area contributed by atoms with Gasteiger partial charge in [-0.25, -0.2) is 9.97 Å². The fourth-order valence-electron chi connectivity index (χ4n) is 1.49. The fraction of sp³-hybridized carbons (Fsp3) is 0.615. The number of hydrogen-bond acceptors (Lipinski definition) is 5. The van der Waals surface area contributed by atoms with E-state index < -0.39 is 0 Å². The molecule has 0 fully saturated rings. The minimum absolute atomic E-state index is 0.192. The topological polar surface area (TPSA) is 58.1 Å². The first kappa shape index (κ1) is 14.4. The number of aromatic nitrogens is 2. The fourth-order valence-corrected chi connectivity index (χ4v) is 1.49. The van der Waals surface area contributed by atoms with Crippen molar-refractivity contribution >= 4 is 17.4 Å². The normalized spacial score (nSPS) is 10.2. The third-order valence-electron chi connectivity index (χ3n) is 2.68. The Morgan fingerprint density at radius 1 is 1.44 bits per heavy atom. The van der Waals surface area contributed by atoms with Gasteiger partial charge >= 0.3 is 0 Å².